The highest BCUT2D eigenvalue weighted by atomic mass is 14.4. The Labute approximate surface area is 103 Å². The van der Waals surface area contributed by atoms with Gasteiger partial charge in [0.15, 0.2) is 0 Å². The average Bonchev–Trinajstić information content (AvgIpc) is 2.13. The average molecular weight is 224 g/mol. The van der Waals surface area contributed by atoms with E-state index in [2.05, 4.69) is 41.5 Å². The maximum absolute atomic E-state index is 2.44. The van der Waals surface area contributed by atoms with Gasteiger partial charge in [0.25, 0.3) is 0 Å². The van der Waals surface area contributed by atoms with E-state index in [0.717, 1.165) is 11.8 Å². The fourth-order valence-electron chi connectivity index (χ4n) is 3.38. The van der Waals surface area contributed by atoms with Crippen LogP contribution in [0.4, 0.5) is 0 Å². The van der Waals surface area contributed by atoms with E-state index in [1.807, 2.05) is 0 Å². The second kappa shape index (κ2) is 5.10. The predicted octanol–water partition coefficient (Wildman–Crippen LogP) is 5.67. The van der Waals surface area contributed by atoms with E-state index in [1.165, 1.54) is 38.5 Å². The van der Waals surface area contributed by atoms with E-state index >= 15 is 0 Å². The first-order valence-electron chi connectivity index (χ1n) is 7.20. The van der Waals surface area contributed by atoms with Gasteiger partial charge in [0.1, 0.15) is 0 Å². The Morgan fingerprint density at radius 1 is 0.875 bits per heavy atom. The van der Waals surface area contributed by atoms with Crippen molar-refractivity contribution < 1.29 is 0 Å². The van der Waals surface area contributed by atoms with Crippen LogP contribution < -0.4 is 0 Å². The Kier molecular flexibility index (Phi) is 4.49. The minimum atomic E-state index is 0.481. The Morgan fingerprint density at radius 3 is 1.75 bits per heavy atom. The minimum Gasteiger partial charge on any atom is -0.0602 e. The van der Waals surface area contributed by atoms with Gasteiger partial charge in [-0.3, -0.25) is 0 Å². The smallest absolute Gasteiger partial charge is 0.0332 e. The standard InChI is InChI=1S/C16H32/c1-15(2,3)12-14(16(4,5)6)13-10-8-7-9-11-13/h13-14H,7-12H2,1-6H3/t14-/m0/s1. The fraction of sp³-hybridized carbons (Fsp3) is 1.00. The van der Waals surface area contributed by atoms with E-state index in [4.69, 9.17) is 0 Å². The largest absolute Gasteiger partial charge is 0.0602 e. The molecule has 1 fully saturated rings. The molecule has 1 saturated carbocycles. The van der Waals surface area contributed by atoms with Crippen molar-refractivity contribution in [2.45, 2.75) is 80.1 Å². The Balaban J connectivity index is 2.70. The highest BCUT2D eigenvalue weighted by Gasteiger charge is 2.35. The van der Waals surface area contributed by atoms with Crippen LogP contribution in [0, 0.1) is 22.7 Å². The van der Waals surface area contributed by atoms with E-state index in [1.54, 1.807) is 0 Å². The maximum Gasteiger partial charge on any atom is -0.0332 e. The van der Waals surface area contributed by atoms with Gasteiger partial charge in [-0.15, -0.1) is 0 Å². The molecule has 0 spiro atoms. The summed E-state index contributed by atoms with van der Waals surface area (Å²) in [5.74, 6) is 1.90. The van der Waals surface area contributed by atoms with Crippen molar-refractivity contribution in [3.63, 3.8) is 0 Å². The molecule has 1 aliphatic rings. The van der Waals surface area contributed by atoms with Crippen LogP contribution in [0.15, 0.2) is 0 Å². The summed E-state index contributed by atoms with van der Waals surface area (Å²) in [5.41, 5.74) is 0.963. The van der Waals surface area contributed by atoms with Gasteiger partial charge in [-0.1, -0.05) is 73.6 Å². The molecule has 0 heterocycles. The Bertz CT molecular complexity index is 195. The van der Waals surface area contributed by atoms with Crippen LogP contribution in [0.1, 0.15) is 80.1 Å². The summed E-state index contributed by atoms with van der Waals surface area (Å²) >= 11 is 0. The molecule has 1 atom stereocenters. The molecular formula is C16H32. The summed E-state index contributed by atoms with van der Waals surface area (Å²) in [6, 6.07) is 0. The zero-order valence-electron chi connectivity index (χ0n) is 12.4. The quantitative estimate of drug-likeness (QED) is 0.567. The zero-order valence-corrected chi connectivity index (χ0v) is 12.4. The lowest BCUT2D eigenvalue weighted by molar-refractivity contribution is 0.0801. The first-order chi connectivity index (χ1) is 7.20. The molecule has 0 N–H and O–H groups in total. The second-order valence-electron chi connectivity index (χ2n) is 8.14. The van der Waals surface area contributed by atoms with Gasteiger partial charge in [0.2, 0.25) is 0 Å². The summed E-state index contributed by atoms with van der Waals surface area (Å²) in [4.78, 5) is 0. The lowest BCUT2D eigenvalue weighted by atomic mass is 9.63. The SMILES string of the molecule is CC(C)(C)C[C@@H](C1CCCCC1)C(C)(C)C. The number of hydrogen-bond acceptors (Lipinski definition) is 0. The third-order valence-electron chi connectivity index (χ3n) is 4.16. The third-order valence-corrected chi connectivity index (χ3v) is 4.16. The highest BCUT2D eigenvalue weighted by Crippen LogP contribution is 2.45. The highest BCUT2D eigenvalue weighted by molar-refractivity contribution is 4.85. The van der Waals surface area contributed by atoms with Crippen molar-refractivity contribution in [3.8, 4) is 0 Å². The molecule has 0 radical (unpaired) electrons. The van der Waals surface area contributed by atoms with Crippen LogP contribution >= 0.6 is 0 Å². The molecule has 0 aromatic rings. The molecule has 0 aromatic carbocycles. The number of rotatable bonds is 2. The molecule has 96 valence electrons. The lowest BCUT2D eigenvalue weighted by Crippen LogP contribution is -2.33. The lowest BCUT2D eigenvalue weighted by Gasteiger charge is -2.42. The minimum absolute atomic E-state index is 0.481. The van der Waals surface area contributed by atoms with Crippen molar-refractivity contribution in [1.82, 2.24) is 0 Å². The van der Waals surface area contributed by atoms with Crippen LogP contribution in [0.2, 0.25) is 0 Å². The van der Waals surface area contributed by atoms with E-state index in [9.17, 15) is 0 Å². The molecule has 0 aromatic heterocycles. The van der Waals surface area contributed by atoms with Gasteiger partial charge in [-0.05, 0) is 29.1 Å². The van der Waals surface area contributed by atoms with Crippen molar-refractivity contribution in [1.29, 1.82) is 0 Å². The monoisotopic (exact) mass is 224 g/mol. The molecule has 1 rings (SSSR count). The van der Waals surface area contributed by atoms with Crippen LogP contribution in [0.5, 0.6) is 0 Å². The van der Waals surface area contributed by atoms with Crippen molar-refractivity contribution >= 4 is 0 Å². The van der Waals surface area contributed by atoms with E-state index in [0.29, 0.717) is 10.8 Å². The molecule has 0 saturated heterocycles. The predicted molar refractivity (Wildman–Crippen MR) is 73.6 cm³/mol. The molecule has 0 unspecified atom stereocenters. The molecule has 16 heavy (non-hydrogen) atoms. The van der Waals surface area contributed by atoms with Gasteiger partial charge < -0.3 is 0 Å². The summed E-state index contributed by atoms with van der Waals surface area (Å²) in [6.45, 7) is 14.5. The van der Waals surface area contributed by atoms with Gasteiger partial charge in [-0.2, -0.15) is 0 Å². The zero-order chi connectivity index (χ0) is 12.4. The first kappa shape index (κ1) is 14.1. The molecule has 1 aliphatic carbocycles. The topological polar surface area (TPSA) is 0 Å². The van der Waals surface area contributed by atoms with Crippen molar-refractivity contribution in [2.24, 2.45) is 22.7 Å². The van der Waals surface area contributed by atoms with Crippen LogP contribution in [0.3, 0.4) is 0 Å². The van der Waals surface area contributed by atoms with Crippen LogP contribution in [-0.2, 0) is 0 Å². The van der Waals surface area contributed by atoms with Gasteiger partial charge >= 0.3 is 0 Å². The van der Waals surface area contributed by atoms with Crippen LogP contribution in [-0.4, -0.2) is 0 Å². The normalized spacial score (nSPS) is 22.1. The first-order valence-corrected chi connectivity index (χ1v) is 7.20. The maximum atomic E-state index is 2.44. The van der Waals surface area contributed by atoms with Gasteiger partial charge in [0, 0.05) is 0 Å². The van der Waals surface area contributed by atoms with Crippen LogP contribution in [0.25, 0.3) is 0 Å². The van der Waals surface area contributed by atoms with Gasteiger partial charge in [-0.25, -0.2) is 0 Å². The summed E-state index contributed by atoms with van der Waals surface area (Å²) in [7, 11) is 0. The molecule has 0 amide bonds. The molecule has 0 aliphatic heterocycles. The van der Waals surface area contributed by atoms with Crippen molar-refractivity contribution in [2.75, 3.05) is 0 Å². The summed E-state index contributed by atoms with van der Waals surface area (Å²) in [6.07, 6.45) is 8.78. The fourth-order valence-corrected chi connectivity index (χ4v) is 3.38. The molecule has 0 bridgehead atoms. The summed E-state index contributed by atoms with van der Waals surface area (Å²) in [5, 5.41) is 0. The molecule has 0 heteroatoms. The van der Waals surface area contributed by atoms with E-state index < -0.39 is 0 Å². The Hall–Kier alpha value is 0. The third kappa shape index (κ3) is 4.47. The Morgan fingerprint density at radius 2 is 1.38 bits per heavy atom. The molecule has 0 nitrogen and oxygen atoms in total. The van der Waals surface area contributed by atoms with Crippen molar-refractivity contribution in [3.05, 3.63) is 0 Å². The summed E-state index contributed by atoms with van der Waals surface area (Å²) < 4.78 is 0. The van der Waals surface area contributed by atoms with E-state index in [-0.39, 0.29) is 0 Å². The molecular weight excluding hydrogens is 192 g/mol. The number of hydrogen-bond donors (Lipinski definition) is 0. The van der Waals surface area contributed by atoms with Gasteiger partial charge in [0.05, 0.1) is 0 Å². The second-order valence-corrected chi connectivity index (χ2v) is 8.14.